The van der Waals surface area contributed by atoms with E-state index in [2.05, 4.69) is 45.0 Å². The van der Waals surface area contributed by atoms with Gasteiger partial charge in [0.2, 0.25) is 0 Å². The van der Waals surface area contributed by atoms with E-state index in [1.807, 2.05) is 0 Å². The first-order valence-electron chi connectivity index (χ1n) is 4.33. The molecule has 12 heavy (non-hydrogen) atoms. The van der Waals surface area contributed by atoms with Gasteiger partial charge in [-0.15, -0.1) is 0 Å². The molecule has 1 aromatic rings. The summed E-state index contributed by atoms with van der Waals surface area (Å²) in [5, 5.41) is 0. The molecule has 0 spiro atoms. The number of aryl methyl sites for hydroxylation is 1. The fraction of sp³-hybridized carbons (Fsp3) is 0.455. The van der Waals surface area contributed by atoms with Gasteiger partial charge in [-0.3, -0.25) is 0 Å². The number of benzene rings is 1. The molecule has 0 bridgehead atoms. The summed E-state index contributed by atoms with van der Waals surface area (Å²) in [7, 11) is 0. The molecule has 0 saturated heterocycles. The first-order valence-corrected chi connectivity index (χ1v) is 4.33. The van der Waals surface area contributed by atoms with E-state index in [0.29, 0.717) is 5.92 Å². The average Bonchev–Trinajstić information content (AvgIpc) is 2.05. The van der Waals surface area contributed by atoms with Crippen molar-refractivity contribution in [2.75, 3.05) is 0 Å². The summed E-state index contributed by atoms with van der Waals surface area (Å²) in [6, 6.07) is 8.89. The van der Waals surface area contributed by atoms with Crippen LogP contribution >= 0.6 is 0 Å². The smallest absolute Gasteiger partial charge is 0 e. The Balaban J connectivity index is 0.00000121. The summed E-state index contributed by atoms with van der Waals surface area (Å²) in [6.45, 7) is 6.63. The third-order valence-electron chi connectivity index (χ3n) is 2.05. The normalized spacial score (nSPS) is 9.67. The van der Waals surface area contributed by atoms with E-state index in [4.69, 9.17) is 0 Å². The van der Waals surface area contributed by atoms with Crippen LogP contribution in [0.15, 0.2) is 24.3 Å². The Kier molecular flexibility index (Phi) is 6.04. The van der Waals surface area contributed by atoms with Crippen molar-refractivity contribution >= 4 is 0 Å². The van der Waals surface area contributed by atoms with Crippen LogP contribution in [0, 0.1) is 0 Å². The molecule has 0 N–H and O–H groups in total. The first kappa shape index (κ1) is 12.3. The Morgan fingerprint density at radius 3 is 1.92 bits per heavy atom. The number of hydrogen-bond acceptors (Lipinski definition) is 0. The molecule has 1 aromatic carbocycles. The van der Waals surface area contributed by atoms with Crippen LogP contribution in [0.5, 0.6) is 0 Å². The molecule has 1 rings (SSSR count). The fourth-order valence-corrected chi connectivity index (χ4v) is 1.14. The topological polar surface area (TPSA) is 0 Å². The van der Waals surface area contributed by atoms with Crippen molar-refractivity contribution < 1.29 is 32.7 Å². The van der Waals surface area contributed by atoms with Crippen LogP contribution in [0.3, 0.4) is 0 Å². The Morgan fingerprint density at radius 1 is 1.08 bits per heavy atom. The van der Waals surface area contributed by atoms with E-state index in [0.717, 1.165) is 6.42 Å². The van der Waals surface area contributed by atoms with E-state index >= 15 is 0 Å². The second-order valence-corrected chi connectivity index (χ2v) is 3.25. The van der Waals surface area contributed by atoms with Crippen molar-refractivity contribution in [1.82, 2.24) is 0 Å². The van der Waals surface area contributed by atoms with Crippen LogP contribution in [-0.2, 0) is 39.1 Å². The Bertz CT molecular complexity index is 211. The third kappa shape index (κ3) is 3.37. The minimum Gasteiger partial charge on any atom is -0.0613 e. The maximum absolute atomic E-state index is 2.23. The van der Waals surface area contributed by atoms with Gasteiger partial charge >= 0.3 is 0 Å². The predicted molar refractivity (Wildman–Crippen MR) is 49.9 cm³/mol. The van der Waals surface area contributed by atoms with E-state index in [9.17, 15) is 0 Å². The van der Waals surface area contributed by atoms with Crippen LogP contribution < -0.4 is 0 Å². The molecule has 0 nitrogen and oxygen atoms in total. The van der Waals surface area contributed by atoms with Crippen LogP contribution in [0.2, 0.25) is 0 Å². The maximum atomic E-state index is 2.23. The van der Waals surface area contributed by atoms with Crippen molar-refractivity contribution in [3.8, 4) is 0 Å². The molecule has 0 aliphatic carbocycles. The minimum atomic E-state index is 0. The van der Waals surface area contributed by atoms with E-state index in [1.165, 1.54) is 11.1 Å². The van der Waals surface area contributed by atoms with Crippen LogP contribution in [0.1, 0.15) is 37.8 Å². The zero-order chi connectivity index (χ0) is 8.27. The molecular formula is C11H16Y. The van der Waals surface area contributed by atoms with Gasteiger partial charge in [-0.25, -0.2) is 0 Å². The minimum absolute atomic E-state index is 0. The summed E-state index contributed by atoms with van der Waals surface area (Å²) in [5.41, 5.74) is 2.86. The van der Waals surface area contributed by atoms with Gasteiger partial charge in [-0.05, 0) is 23.5 Å². The summed E-state index contributed by atoms with van der Waals surface area (Å²) in [5.74, 6) is 0.654. The van der Waals surface area contributed by atoms with Crippen molar-refractivity contribution in [2.45, 2.75) is 33.1 Å². The SMILES string of the molecule is CCc1ccc(C(C)C)cc1.[Y]. The van der Waals surface area contributed by atoms with Gasteiger partial charge in [-0.1, -0.05) is 45.0 Å². The zero-order valence-corrected chi connectivity index (χ0v) is 11.0. The molecule has 0 fully saturated rings. The van der Waals surface area contributed by atoms with Crippen LogP contribution in [0.4, 0.5) is 0 Å². The molecule has 0 heterocycles. The van der Waals surface area contributed by atoms with Crippen molar-refractivity contribution in [3.05, 3.63) is 35.4 Å². The van der Waals surface area contributed by atoms with E-state index in [-0.39, 0.29) is 32.7 Å². The molecule has 0 atom stereocenters. The number of rotatable bonds is 2. The molecule has 0 unspecified atom stereocenters. The zero-order valence-electron chi connectivity index (χ0n) is 8.17. The fourth-order valence-electron chi connectivity index (χ4n) is 1.14. The molecule has 0 amide bonds. The molecule has 1 radical (unpaired) electrons. The molecule has 0 saturated carbocycles. The number of hydrogen-bond donors (Lipinski definition) is 0. The maximum Gasteiger partial charge on any atom is 0 e. The second-order valence-electron chi connectivity index (χ2n) is 3.25. The Morgan fingerprint density at radius 2 is 1.58 bits per heavy atom. The van der Waals surface area contributed by atoms with Crippen LogP contribution in [0.25, 0.3) is 0 Å². The molecule has 0 aliphatic heterocycles. The summed E-state index contributed by atoms with van der Waals surface area (Å²) >= 11 is 0. The van der Waals surface area contributed by atoms with E-state index in [1.54, 1.807) is 0 Å². The van der Waals surface area contributed by atoms with Gasteiger partial charge < -0.3 is 0 Å². The molecular weight excluding hydrogens is 221 g/mol. The standard InChI is InChI=1S/C11H16.Y/c1-4-10-5-7-11(8-6-10)9(2)3;/h5-9H,4H2,1-3H3;. The van der Waals surface area contributed by atoms with Gasteiger partial charge in [0, 0.05) is 32.7 Å². The largest absolute Gasteiger partial charge is 0.0613 e. The van der Waals surface area contributed by atoms with Crippen molar-refractivity contribution in [3.63, 3.8) is 0 Å². The average molecular weight is 237 g/mol. The van der Waals surface area contributed by atoms with Gasteiger partial charge in [0.25, 0.3) is 0 Å². The summed E-state index contributed by atoms with van der Waals surface area (Å²) in [6.07, 6.45) is 1.14. The van der Waals surface area contributed by atoms with Gasteiger partial charge in [0.05, 0.1) is 0 Å². The molecule has 1 heteroatoms. The summed E-state index contributed by atoms with van der Waals surface area (Å²) < 4.78 is 0. The quantitative estimate of drug-likeness (QED) is 0.739. The molecule has 0 aliphatic rings. The van der Waals surface area contributed by atoms with Gasteiger partial charge in [0.15, 0.2) is 0 Å². The van der Waals surface area contributed by atoms with Crippen molar-refractivity contribution in [2.24, 2.45) is 0 Å². The van der Waals surface area contributed by atoms with Gasteiger partial charge in [0.1, 0.15) is 0 Å². The summed E-state index contributed by atoms with van der Waals surface area (Å²) in [4.78, 5) is 0. The second kappa shape index (κ2) is 5.88. The van der Waals surface area contributed by atoms with E-state index < -0.39 is 0 Å². The van der Waals surface area contributed by atoms with Crippen LogP contribution in [-0.4, -0.2) is 0 Å². The molecule has 63 valence electrons. The van der Waals surface area contributed by atoms with Gasteiger partial charge in [-0.2, -0.15) is 0 Å². The first-order chi connectivity index (χ1) is 5.24. The third-order valence-corrected chi connectivity index (χ3v) is 2.05. The Labute approximate surface area is 101 Å². The Hall–Kier alpha value is 0.324. The predicted octanol–water partition coefficient (Wildman–Crippen LogP) is 3.37. The monoisotopic (exact) mass is 237 g/mol. The molecule has 0 aromatic heterocycles. The van der Waals surface area contributed by atoms with Crippen molar-refractivity contribution in [1.29, 1.82) is 0 Å².